The zero-order valence-corrected chi connectivity index (χ0v) is 13.5. The molecule has 0 unspecified atom stereocenters. The molecule has 0 spiro atoms. The van der Waals surface area contributed by atoms with Crippen LogP contribution in [0.1, 0.15) is 15.9 Å². The van der Waals surface area contributed by atoms with Crippen molar-refractivity contribution in [3.05, 3.63) is 63.6 Å². The van der Waals surface area contributed by atoms with Crippen LogP contribution in [0, 0.1) is 6.92 Å². The first-order valence-corrected chi connectivity index (χ1v) is 7.47. The summed E-state index contributed by atoms with van der Waals surface area (Å²) in [5.41, 5.74) is 1.44. The number of carboxylic acid groups (broad SMARTS) is 1. The number of hydrogen-bond donors (Lipinski definition) is 1. The average molecular weight is 348 g/mol. The Bertz CT molecular complexity index is 908. The molecule has 2 aromatic carbocycles. The lowest BCUT2D eigenvalue weighted by molar-refractivity contribution is 0.0693. The minimum absolute atomic E-state index is 0.0157. The second-order valence-corrected chi connectivity index (χ2v) is 5.86. The van der Waals surface area contributed by atoms with Gasteiger partial charge in [-0.2, -0.15) is 0 Å². The van der Waals surface area contributed by atoms with Gasteiger partial charge >= 0.3 is 5.97 Å². The van der Waals surface area contributed by atoms with Crippen molar-refractivity contribution >= 4 is 40.1 Å². The van der Waals surface area contributed by atoms with Crippen LogP contribution in [0.25, 0.3) is 10.9 Å². The maximum atomic E-state index is 11.5. The van der Waals surface area contributed by atoms with Crippen molar-refractivity contribution in [2.24, 2.45) is 0 Å². The van der Waals surface area contributed by atoms with Gasteiger partial charge in [0.2, 0.25) is 5.88 Å². The van der Waals surface area contributed by atoms with E-state index in [1.54, 1.807) is 24.3 Å². The Morgan fingerprint density at radius 1 is 1.13 bits per heavy atom. The van der Waals surface area contributed by atoms with E-state index in [0.29, 0.717) is 26.7 Å². The number of aromatic carboxylic acids is 1. The van der Waals surface area contributed by atoms with E-state index in [0.717, 1.165) is 5.56 Å². The topological polar surface area (TPSA) is 59.4 Å². The van der Waals surface area contributed by atoms with Crippen LogP contribution in [0.2, 0.25) is 10.0 Å². The summed E-state index contributed by atoms with van der Waals surface area (Å²) in [5, 5.41) is 10.7. The van der Waals surface area contributed by atoms with Gasteiger partial charge < -0.3 is 9.84 Å². The van der Waals surface area contributed by atoms with E-state index >= 15 is 0 Å². The molecular formula is C17H11Cl2NO3. The minimum atomic E-state index is -1.14. The molecule has 0 saturated heterocycles. The van der Waals surface area contributed by atoms with Crippen molar-refractivity contribution in [2.45, 2.75) is 6.92 Å². The fourth-order valence-electron chi connectivity index (χ4n) is 2.14. The summed E-state index contributed by atoms with van der Waals surface area (Å²) in [6.07, 6.45) is 0. The molecule has 3 rings (SSSR count). The molecule has 1 heterocycles. The average Bonchev–Trinajstić information content (AvgIpc) is 2.49. The van der Waals surface area contributed by atoms with Crippen LogP contribution in [0.5, 0.6) is 11.6 Å². The highest BCUT2D eigenvalue weighted by Gasteiger charge is 2.17. The van der Waals surface area contributed by atoms with Crippen molar-refractivity contribution in [1.29, 1.82) is 0 Å². The third kappa shape index (κ3) is 3.23. The van der Waals surface area contributed by atoms with Gasteiger partial charge in [-0.25, -0.2) is 9.78 Å². The van der Waals surface area contributed by atoms with Crippen molar-refractivity contribution < 1.29 is 14.6 Å². The SMILES string of the molecule is Cc1ccc(Oc2nc3c(Cl)cc(Cl)cc3cc2C(=O)O)cc1. The number of halogens is 2. The standard InChI is InChI=1S/C17H11Cl2NO3/c1-9-2-4-12(5-3-9)23-16-13(17(21)22)7-10-6-11(18)8-14(19)15(10)20-16/h2-8H,1H3,(H,21,22). The van der Waals surface area contributed by atoms with E-state index in [1.165, 1.54) is 6.07 Å². The Balaban J connectivity index is 2.15. The van der Waals surface area contributed by atoms with Crippen LogP contribution in [0.15, 0.2) is 42.5 Å². The number of nitrogens with zero attached hydrogens (tertiary/aromatic N) is 1. The van der Waals surface area contributed by atoms with Gasteiger partial charge in [0.15, 0.2) is 0 Å². The molecule has 0 amide bonds. The molecule has 6 heteroatoms. The fourth-order valence-corrected chi connectivity index (χ4v) is 2.69. The summed E-state index contributed by atoms with van der Waals surface area (Å²) in [4.78, 5) is 15.8. The Morgan fingerprint density at radius 2 is 1.83 bits per heavy atom. The molecule has 0 atom stereocenters. The number of hydrogen-bond acceptors (Lipinski definition) is 3. The zero-order chi connectivity index (χ0) is 16.6. The number of pyridine rings is 1. The van der Waals surface area contributed by atoms with Crippen molar-refractivity contribution in [3.63, 3.8) is 0 Å². The lowest BCUT2D eigenvalue weighted by Gasteiger charge is -2.10. The highest BCUT2D eigenvalue weighted by atomic mass is 35.5. The largest absolute Gasteiger partial charge is 0.477 e. The highest BCUT2D eigenvalue weighted by Crippen LogP contribution is 2.32. The maximum absolute atomic E-state index is 11.5. The molecular weight excluding hydrogens is 337 g/mol. The second kappa shape index (κ2) is 6.07. The first-order chi connectivity index (χ1) is 10.9. The van der Waals surface area contributed by atoms with Gasteiger partial charge in [-0.05, 0) is 37.3 Å². The maximum Gasteiger partial charge on any atom is 0.341 e. The summed E-state index contributed by atoms with van der Waals surface area (Å²) in [7, 11) is 0. The molecule has 0 radical (unpaired) electrons. The third-order valence-corrected chi connectivity index (χ3v) is 3.77. The number of ether oxygens (including phenoxy) is 1. The lowest BCUT2D eigenvalue weighted by atomic mass is 10.1. The molecule has 0 aliphatic carbocycles. The smallest absolute Gasteiger partial charge is 0.341 e. The minimum Gasteiger partial charge on any atom is -0.477 e. The molecule has 0 aliphatic rings. The fraction of sp³-hybridized carbons (Fsp3) is 0.0588. The number of benzene rings is 2. The number of rotatable bonds is 3. The zero-order valence-electron chi connectivity index (χ0n) is 12.0. The Morgan fingerprint density at radius 3 is 2.48 bits per heavy atom. The quantitative estimate of drug-likeness (QED) is 0.694. The molecule has 3 aromatic rings. The van der Waals surface area contributed by atoms with Gasteiger partial charge in [-0.1, -0.05) is 40.9 Å². The van der Waals surface area contributed by atoms with Gasteiger partial charge in [0, 0.05) is 10.4 Å². The monoisotopic (exact) mass is 347 g/mol. The van der Waals surface area contributed by atoms with E-state index < -0.39 is 5.97 Å². The van der Waals surface area contributed by atoms with E-state index in [9.17, 15) is 9.90 Å². The number of aromatic nitrogens is 1. The van der Waals surface area contributed by atoms with Crippen LogP contribution in [-0.2, 0) is 0 Å². The molecule has 1 N–H and O–H groups in total. The van der Waals surface area contributed by atoms with Crippen molar-refractivity contribution in [1.82, 2.24) is 4.98 Å². The third-order valence-electron chi connectivity index (χ3n) is 3.27. The summed E-state index contributed by atoms with van der Waals surface area (Å²) in [6.45, 7) is 1.95. The van der Waals surface area contributed by atoms with Crippen LogP contribution >= 0.6 is 23.2 Å². The molecule has 0 aliphatic heterocycles. The molecule has 0 saturated carbocycles. The summed E-state index contributed by atoms with van der Waals surface area (Å²) >= 11 is 12.1. The van der Waals surface area contributed by atoms with Gasteiger partial charge in [0.05, 0.1) is 10.5 Å². The lowest BCUT2D eigenvalue weighted by Crippen LogP contribution is -2.03. The molecule has 116 valence electrons. The number of fused-ring (bicyclic) bond motifs is 1. The summed E-state index contributed by atoms with van der Waals surface area (Å²) in [6, 6.07) is 11.8. The molecule has 0 fully saturated rings. The number of aryl methyl sites for hydroxylation is 1. The normalized spacial score (nSPS) is 10.7. The molecule has 4 nitrogen and oxygen atoms in total. The van der Waals surface area contributed by atoms with E-state index in [4.69, 9.17) is 27.9 Å². The summed E-state index contributed by atoms with van der Waals surface area (Å²) in [5.74, 6) is -0.661. The van der Waals surface area contributed by atoms with Crippen molar-refractivity contribution in [2.75, 3.05) is 0 Å². The molecule has 1 aromatic heterocycles. The van der Waals surface area contributed by atoms with Gasteiger partial charge in [-0.3, -0.25) is 0 Å². The number of carbonyl (C=O) groups is 1. The Kier molecular flexibility index (Phi) is 4.11. The van der Waals surface area contributed by atoms with Gasteiger partial charge in [0.25, 0.3) is 0 Å². The first kappa shape index (κ1) is 15.6. The van der Waals surface area contributed by atoms with Crippen LogP contribution in [0.3, 0.4) is 0 Å². The predicted octanol–water partition coefficient (Wildman–Crippen LogP) is 5.34. The van der Waals surface area contributed by atoms with E-state index in [-0.39, 0.29) is 11.4 Å². The van der Waals surface area contributed by atoms with E-state index in [1.807, 2.05) is 19.1 Å². The van der Waals surface area contributed by atoms with Gasteiger partial charge in [-0.15, -0.1) is 0 Å². The Labute approximate surface area is 142 Å². The Hall–Kier alpha value is -2.30. The molecule has 23 heavy (non-hydrogen) atoms. The van der Waals surface area contributed by atoms with Gasteiger partial charge in [0.1, 0.15) is 11.3 Å². The van der Waals surface area contributed by atoms with Crippen LogP contribution in [-0.4, -0.2) is 16.1 Å². The second-order valence-electron chi connectivity index (χ2n) is 5.02. The van der Waals surface area contributed by atoms with Crippen LogP contribution < -0.4 is 4.74 Å². The van der Waals surface area contributed by atoms with E-state index in [2.05, 4.69) is 4.98 Å². The highest BCUT2D eigenvalue weighted by molar-refractivity contribution is 6.38. The van der Waals surface area contributed by atoms with Crippen molar-refractivity contribution in [3.8, 4) is 11.6 Å². The number of carboxylic acids is 1. The molecule has 0 bridgehead atoms. The summed E-state index contributed by atoms with van der Waals surface area (Å²) < 4.78 is 5.64. The van der Waals surface area contributed by atoms with Crippen LogP contribution in [0.4, 0.5) is 0 Å². The first-order valence-electron chi connectivity index (χ1n) is 6.71. The predicted molar refractivity (Wildman–Crippen MR) is 90.0 cm³/mol.